The molecule has 0 spiro atoms. The molecule has 0 unspecified atom stereocenters. The van der Waals surface area contributed by atoms with Crippen molar-refractivity contribution in [2.75, 3.05) is 19.7 Å². The Balaban J connectivity index is 1.79. The van der Waals surface area contributed by atoms with E-state index in [1.807, 2.05) is 31.8 Å². The maximum Gasteiger partial charge on any atom is 0.290 e. The van der Waals surface area contributed by atoms with E-state index in [-0.39, 0.29) is 12.0 Å². The van der Waals surface area contributed by atoms with Crippen LogP contribution >= 0.6 is 0 Å². The topological polar surface area (TPSA) is 65.2 Å². The number of aryl methyl sites for hydroxylation is 3. The lowest BCUT2D eigenvalue weighted by Crippen LogP contribution is -2.43. The standard InChI is InChI=1S/C14H19N5O2/c1-10-8-18(3)12(16-10)11-9-19(6-7-21-11)14(20)13-15-4-5-17(13)2/h4-5,8,11H,6-7,9H2,1-3H3/t11-/m0/s1. The molecule has 0 bridgehead atoms. The maximum atomic E-state index is 12.5. The highest BCUT2D eigenvalue weighted by Gasteiger charge is 2.30. The van der Waals surface area contributed by atoms with Gasteiger partial charge in [0.25, 0.3) is 5.91 Å². The van der Waals surface area contributed by atoms with Gasteiger partial charge in [-0.2, -0.15) is 0 Å². The van der Waals surface area contributed by atoms with Crippen LogP contribution in [0, 0.1) is 6.92 Å². The minimum absolute atomic E-state index is 0.0678. The molecule has 2 aromatic heterocycles. The zero-order valence-electron chi connectivity index (χ0n) is 12.5. The van der Waals surface area contributed by atoms with E-state index in [0.717, 1.165) is 11.5 Å². The van der Waals surface area contributed by atoms with Gasteiger partial charge >= 0.3 is 0 Å². The quantitative estimate of drug-likeness (QED) is 0.815. The molecule has 1 aliphatic rings. The minimum atomic E-state index is -0.193. The summed E-state index contributed by atoms with van der Waals surface area (Å²) in [4.78, 5) is 22.9. The molecule has 3 rings (SSSR count). The van der Waals surface area contributed by atoms with Gasteiger partial charge in [-0.1, -0.05) is 0 Å². The van der Waals surface area contributed by atoms with Crippen molar-refractivity contribution in [1.82, 2.24) is 24.0 Å². The molecular weight excluding hydrogens is 270 g/mol. The number of hydrogen-bond donors (Lipinski definition) is 0. The number of rotatable bonds is 2. The van der Waals surface area contributed by atoms with E-state index in [4.69, 9.17) is 4.74 Å². The Hall–Kier alpha value is -2.15. The molecule has 1 fully saturated rings. The molecule has 0 N–H and O–H groups in total. The zero-order chi connectivity index (χ0) is 15.0. The third kappa shape index (κ3) is 2.56. The predicted molar refractivity (Wildman–Crippen MR) is 75.7 cm³/mol. The van der Waals surface area contributed by atoms with Crippen LogP contribution in [0.25, 0.3) is 0 Å². The summed E-state index contributed by atoms with van der Waals surface area (Å²) in [7, 11) is 3.76. The molecule has 7 nitrogen and oxygen atoms in total. The number of aromatic nitrogens is 4. The highest BCUT2D eigenvalue weighted by Crippen LogP contribution is 2.22. The van der Waals surface area contributed by atoms with E-state index >= 15 is 0 Å². The molecule has 0 aromatic carbocycles. The van der Waals surface area contributed by atoms with Gasteiger partial charge in [-0.15, -0.1) is 0 Å². The summed E-state index contributed by atoms with van der Waals surface area (Å²) in [6.45, 7) is 3.53. The molecule has 0 radical (unpaired) electrons. The van der Waals surface area contributed by atoms with E-state index in [1.165, 1.54) is 0 Å². The van der Waals surface area contributed by atoms with Crippen LogP contribution in [0.4, 0.5) is 0 Å². The van der Waals surface area contributed by atoms with Crippen LogP contribution in [0.15, 0.2) is 18.6 Å². The van der Waals surface area contributed by atoms with Gasteiger partial charge < -0.3 is 18.8 Å². The summed E-state index contributed by atoms with van der Waals surface area (Å²) in [6, 6.07) is 0. The molecular formula is C14H19N5O2. The van der Waals surface area contributed by atoms with Gasteiger partial charge in [-0.3, -0.25) is 4.79 Å². The van der Waals surface area contributed by atoms with Crippen LogP contribution in [-0.2, 0) is 18.8 Å². The highest BCUT2D eigenvalue weighted by molar-refractivity contribution is 5.90. The molecule has 0 saturated carbocycles. The lowest BCUT2D eigenvalue weighted by Gasteiger charge is -2.32. The van der Waals surface area contributed by atoms with E-state index in [2.05, 4.69) is 9.97 Å². The fourth-order valence-corrected chi connectivity index (χ4v) is 2.64. The Morgan fingerprint density at radius 1 is 1.38 bits per heavy atom. The molecule has 21 heavy (non-hydrogen) atoms. The number of carbonyl (C=O) groups excluding carboxylic acids is 1. The number of amides is 1. The minimum Gasteiger partial charge on any atom is -0.367 e. The Labute approximate surface area is 123 Å². The number of ether oxygens (including phenoxy) is 1. The number of hydrogen-bond acceptors (Lipinski definition) is 4. The molecule has 1 aliphatic heterocycles. The Morgan fingerprint density at radius 3 is 2.81 bits per heavy atom. The van der Waals surface area contributed by atoms with Crippen molar-refractivity contribution in [1.29, 1.82) is 0 Å². The second-order valence-electron chi connectivity index (χ2n) is 5.32. The van der Waals surface area contributed by atoms with Gasteiger partial charge in [0.15, 0.2) is 5.82 Å². The summed E-state index contributed by atoms with van der Waals surface area (Å²) < 4.78 is 9.47. The van der Waals surface area contributed by atoms with Crippen LogP contribution in [0.5, 0.6) is 0 Å². The molecule has 112 valence electrons. The normalized spacial score (nSPS) is 19.0. The highest BCUT2D eigenvalue weighted by atomic mass is 16.5. The number of carbonyl (C=O) groups is 1. The molecule has 0 aliphatic carbocycles. The Kier molecular flexibility index (Phi) is 3.50. The van der Waals surface area contributed by atoms with Crippen molar-refractivity contribution in [3.8, 4) is 0 Å². The van der Waals surface area contributed by atoms with Gasteiger partial charge in [-0.25, -0.2) is 9.97 Å². The third-order valence-corrected chi connectivity index (χ3v) is 3.69. The average molecular weight is 289 g/mol. The van der Waals surface area contributed by atoms with Gasteiger partial charge in [0.2, 0.25) is 0 Å². The van der Waals surface area contributed by atoms with Crippen molar-refractivity contribution in [2.24, 2.45) is 14.1 Å². The van der Waals surface area contributed by atoms with E-state index < -0.39 is 0 Å². The molecule has 3 heterocycles. The molecule has 1 amide bonds. The van der Waals surface area contributed by atoms with Gasteiger partial charge in [0.1, 0.15) is 11.9 Å². The molecule has 1 saturated heterocycles. The van der Waals surface area contributed by atoms with E-state index in [9.17, 15) is 4.79 Å². The number of nitrogens with zero attached hydrogens (tertiary/aromatic N) is 5. The van der Waals surface area contributed by atoms with Crippen molar-refractivity contribution < 1.29 is 9.53 Å². The Morgan fingerprint density at radius 2 is 2.19 bits per heavy atom. The molecule has 1 atom stereocenters. The maximum absolute atomic E-state index is 12.5. The van der Waals surface area contributed by atoms with Crippen molar-refractivity contribution in [3.05, 3.63) is 35.9 Å². The van der Waals surface area contributed by atoms with E-state index in [1.54, 1.807) is 21.9 Å². The first-order valence-electron chi connectivity index (χ1n) is 6.94. The van der Waals surface area contributed by atoms with Crippen LogP contribution in [-0.4, -0.2) is 49.6 Å². The molecule has 2 aromatic rings. The van der Waals surface area contributed by atoms with Crippen molar-refractivity contribution in [2.45, 2.75) is 13.0 Å². The summed E-state index contributed by atoms with van der Waals surface area (Å²) in [6.07, 6.45) is 5.17. The number of imidazole rings is 2. The van der Waals surface area contributed by atoms with Gasteiger partial charge in [0.05, 0.1) is 18.8 Å². The van der Waals surface area contributed by atoms with Crippen molar-refractivity contribution in [3.63, 3.8) is 0 Å². The van der Waals surface area contributed by atoms with Crippen LogP contribution in [0.3, 0.4) is 0 Å². The van der Waals surface area contributed by atoms with Crippen molar-refractivity contribution >= 4 is 5.91 Å². The lowest BCUT2D eigenvalue weighted by molar-refractivity contribution is -0.0284. The second-order valence-corrected chi connectivity index (χ2v) is 5.32. The first kappa shape index (κ1) is 13.8. The monoisotopic (exact) mass is 289 g/mol. The van der Waals surface area contributed by atoms with Crippen LogP contribution in [0.1, 0.15) is 28.2 Å². The largest absolute Gasteiger partial charge is 0.367 e. The van der Waals surface area contributed by atoms with Crippen LogP contribution < -0.4 is 0 Å². The summed E-state index contributed by atoms with van der Waals surface area (Å²) in [5, 5.41) is 0. The first-order chi connectivity index (χ1) is 10.1. The molecule has 7 heteroatoms. The lowest BCUT2D eigenvalue weighted by atomic mass is 10.2. The number of morpholine rings is 1. The van der Waals surface area contributed by atoms with Crippen LogP contribution in [0.2, 0.25) is 0 Å². The predicted octanol–water partition coefficient (Wildman–Crippen LogP) is 0.676. The fraction of sp³-hybridized carbons (Fsp3) is 0.500. The summed E-state index contributed by atoms with van der Waals surface area (Å²) in [5.41, 5.74) is 0.948. The fourth-order valence-electron chi connectivity index (χ4n) is 2.64. The second kappa shape index (κ2) is 5.33. The van der Waals surface area contributed by atoms with Gasteiger partial charge in [0, 0.05) is 39.2 Å². The smallest absolute Gasteiger partial charge is 0.290 e. The Bertz CT molecular complexity index is 660. The van der Waals surface area contributed by atoms with E-state index in [0.29, 0.717) is 25.5 Å². The van der Waals surface area contributed by atoms with Gasteiger partial charge in [-0.05, 0) is 6.92 Å². The SMILES string of the molecule is Cc1cn(C)c([C@@H]2CN(C(=O)c3nccn3C)CCO2)n1. The average Bonchev–Trinajstić information content (AvgIpc) is 3.03. The third-order valence-electron chi connectivity index (χ3n) is 3.69. The summed E-state index contributed by atoms with van der Waals surface area (Å²) >= 11 is 0. The summed E-state index contributed by atoms with van der Waals surface area (Å²) in [5.74, 6) is 1.23. The first-order valence-corrected chi connectivity index (χ1v) is 6.94. The zero-order valence-corrected chi connectivity index (χ0v) is 12.5.